The van der Waals surface area contributed by atoms with E-state index < -0.39 is 5.97 Å². The summed E-state index contributed by atoms with van der Waals surface area (Å²) in [5.74, 6) is -0.659. The third kappa shape index (κ3) is 16.0. The molecule has 0 aromatic rings. The van der Waals surface area contributed by atoms with Gasteiger partial charge < -0.3 is 5.11 Å². The Balaban J connectivity index is 2.97. The molecule has 0 saturated carbocycles. The second-order valence-electron chi connectivity index (χ2n) is 5.25. The maximum Gasteiger partial charge on any atom is 0.303 e. The van der Waals surface area contributed by atoms with Gasteiger partial charge in [-0.15, -0.1) is 0 Å². The Bertz CT molecular complexity index is 193. The van der Waals surface area contributed by atoms with Crippen molar-refractivity contribution >= 4 is 21.9 Å². The Morgan fingerprint density at radius 1 is 0.889 bits per heavy atom. The van der Waals surface area contributed by atoms with E-state index in [1.807, 2.05) is 0 Å². The first-order chi connectivity index (χ1) is 8.63. The lowest BCUT2D eigenvalue weighted by Crippen LogP contribution is -1.93. The molecule has 0 amide bonds. The van der Waals surface area contributed by atoms with Crippen LogP contribution in [-0.2, 0) is 4.79 Å². The number of hydrogen-bond acceptors (Lipinski definition) is 1. The molecular formula is C15H29BrO2. The molecule has 0 aliphatic heterocycles. The van der Waals surface area contributed by atoms with Gasteiger partial charge in [-0.25, -0.2) is 0 Å². The molecule has 0 aromatic carbocycles. The highest BCUT2D eigenvalue weighted by molar-refractivity contribution is 9.09. The second-order valence-corrected chi connectivity index (χ2v) is 6.81. The van der Waals surface area contributed by atoms with E-state index >= 15 is 0 Å². The fraction of sp³-hybridized carbons (Fsp3) is 0.933. The molecule has 0 saturated heterocycles. The van der Waals surface area contributed by atoms with Crippen molar-refractivity contribution in [3.05, 3.63) is 0 Å². The standard InChI is InChI=1S/C15H29BrO2/c1-14(16)12-10-8-6-4-2-3-5-7-9-11-13-15(17)18/h14H,2-13H2,1H3,(H,17,18). The van der Waals surface area contributed by atoms with Crippen LogP contribution in [0.25, 0.3) is 0 Å². The average molecular weight is 321 g/mol. The van der Waals surface area contributed by atoms with Gasteiger partial charge in [0.2, 0.25) is 0 Å². The zero-order chi connectivity index (χ0) is 13.6. The summed E-state index contributed by atoms with van der Waals surface area (Å²) in [5.41, 5.74) is 0. The maximum absolute atomic E-state index is 10.3. The maximum atomic E-state index is 10.3. The molecule has 1 atom stereocenters. The predicted octanol–water partition coefficient (Wildman–Crippen LogP) is 5.54. The van der Waals surface area contributed by atoms with Crippen molar-refractivity contribution in [2.75, 3.05) is 0 Å². The Labute approximate surface area is 121 Å². The lowest BCUT2D eigenvalue weighted by molar-refractivity contribution is -0.137. The zero-order valence-electron chi connectivity index (χ0n) is 11.8. The molecule has 2 nitrogen and oxygen atoms in total. The molecule has 0 heterocycles. The second kappa shape index (κ2) is 13.4. The highest BCUT2D eigenvalue weighted by atomic mass is 79.9. The highest BCUT2D eigenvalue weighted by Gasteiger charge is 1.97. The van der Waals surface area contributed by atoms with Crippen molar-refractivity contribution in [3.63, 3.8) is 0 Å². The van der Waals surface area contributed by atoms with Gasteiger partial charge in [-0.2, -0.15) is 0 Å². The molecular weight excluding hydrogens is 292 g/mol. The largest absolute Gasteiger partial charge is 0.481 e. The van der Waals surface area contributed by atoms with Gasteiger partial charge in [0.05, 0.1) is 0 Å². The molecule has 0 bridgehead atoms. The molecule has 0 aliphatic carbocycles. The first-order valence-electron chi connectivity index (χ1n) is 7.49. The van der Waals surface area contributed by atoms with E-state index in [1.54, 1.807) is 0 Å². The van der Waals surface area contributed by atoms with E-state index in [2.05, 4.69) is 22.9 Å². The zero-order valence-corrected chi connectivity index (χ0v) is 13.4. The third-order valence-electron chi connectivity index (χ3n) is 3.24. The van der Waals surface area contributed by atoms with Crippen LogP contribution in [0.1, 0.15) is 84.0 Å². The van der Waals surface area contributed by atoms with Crippen LogP contribution < -0.4 is 0 Å². The van der Waals surface area contributed by atoms with Crippen molar-refractivity contribution in [2.24, 2.45) is 0 Å². The number of aliphatic carboxylic acids is 1. The van der Waals surface area contributed by atoms with Gasteiger partial charge in [0.15, 0.2) is 0 Å². The number of alkyl halides is 1. The van der Waals surface area contributed by atoms with Crippen molar-refractivity contribution in [1.82, 2.24) is 0 Å². The molecule has 3 heteroatoms. The normalized spacial score (nSPS) is 12.6. The molecule has 1 N–H and O–H groups in total. The van der Waals surface area contributed by atoms with E-state index in [-0.39, 0.29) is 0 Å². The monoisotopic (exact) mass is 320 g/mol. The first-order valence-corrected chi connectivity index (χ1v) is 8.40. The topological polar surface area (TPSA) is 37.3 Å². The van der Waals surface area contributed by atoms with Crippen LogP contribution in [0.4, 0.5) is 0 Å². The lowest BCUT2D eigenvalue weighted by Gasteiger charge is -2.03. The summed E-state index contributed by atoms with van der Waals surface area (Å²) < 4.78 is 0. The Kier molecular flexibility index (Phi) is 13.3. The number of rotatable bonds is 13. The van der Waals surface area contributed by atoms with Crippen LogP contribution in [0, 0.1) is 0 Å². The van der Waals surface area contributed by atoms with Gasteiger partial charge >= 0.3 is 5.97 Å². The lowest BCUT2D eigenvalue weighted by atomic mass is 10.0. The summed E-state index contributed by atoms with van der Waals surface area (Å²) in [6, 6.07) is 0. The number of carboxylic acids is 1. The van der Waals surface area contributed by atoms with Crippen LogP contribution in [-0.4, -0.2) is 15.9 Å². The molecule has 1 unspecified atom stereocenters. The molecule has 0 rings (SSSR count). The minimum Gasteiger partial charge on any atom is -0.481 e. The number of carboxylic acid groups (broad SMARTS) is 1. The van der Waals surface area contributed by atoms with Gasteiger partial charge in [-0.1, -0.05) is 80.6 Å². The fourth-order valence-electron chi connectivity index (χ4n) is 2.12. The SMILES string of the molecule is CC(Br)CCCCCCCCCCCCC(=O)O. The summed E-state index contributed by atoms with van der Waals surface area (Å²) in [6.07, 6.45) is 14.2. The van der Waals surface area contributed by atoms with Gasteiger partial charge in [0.1, 0.15) is 0 Å². The van der Waals surface area contributed by atoms with Gasteiger partial charge in [-0.3, -0.25) is 4.79 Å². The van der Waals surface area contributed by atoms with Crippen molar-refractivity contribution in [2.45, 2.75) is 88.8 Å². The summed E-state index contributed by atoms with van der Waals surface area (Å²) in [5, 5.41) is 8.49. The molecule has 0 aromatic heterocycles. The van der Waals surface area contributed by atoms with Crippen LogP contribution in [0.15, 0.2) is 0 Å². The fourth-order valence-corrected chi connectivity index (χ4v) is 2.44. The number of halogens is 1. The Hall–Kier alpha value is -0.0500. The van der Waals surface area contributed by atoms with Crippen molar-refractivity contribution < 1.29 is 9.90 Å². The third-order valence-corrected chi connectivity index (χ3v) is 3.70. The van der Waals surface area contributed by atoms with Crippen LogP contribution in [0.5, 0.6) is 0 Å². The quantitative estimate of drug-likeness (QED) is 0.357. The van der Waals surface area contributed by atoms with Gasteiger partial charge in [0, 0.05) is 11.2 Å². The summed E-state index contributed by atoms with van der Waals surface area (Å²) in [7, 11) is 0. The molecule has 18 heavy (non-hydrogen) atoms. The Morgan fingerprint density at radius 3 is 1.67 bits per heavy atom. The van der Waals surface area contributed by atoms with Crippen molar-refractivity contribution in [1.29, 1.82) is 0 Å². The summed E-state index contributed by atoms with van der Waals surface area (Å²) >= 11 is 3.57. The molecule has 0 spiro atoms. The molecule has 108 valence electrons. The number of carbonyl (C=O) groups is 1. The highest BCUT2D eigenvalue weighted by Crippen LogP contribution is 2.14. The van der Waals surface area contributed by atoms with Gasteiger partial charge in [0.25, 0.3) is 0 Å². The van der Waals surface area contributed by atoms with E-state index in [0.29, 0.717) is 11.2 Å². The first kappa shape index (κ1) is 17.9. The summed E-state index contributed by atoms with van der Waals surface area (Å²) in [6.45, 7) is 2.21. The average Bonchev–Trinajstić information content (AvgIpc) is 2.29. The van der Waals surface area contributed by atoms with E-state index in [0.717, 1.165) is 12.8 Å². The van der Waals surface area contributed by atoms with Crippen molar-refractivity contribution in [3.8, 4) is 0 Å². The van der Waals surface area contributed by atoms with E-state index in [1.165, 1.54) is 57.8 Å². The smallest absolute Gasteiger partial charge is 0.303 e. The molecule has 0 fully saturated rings. The number of hydrogen-bond donors (Lipinski definition) is 1. The molecule has 0 radical (unpaired) electrons. The minimum atomic E-state index is -0.659. The predicted molar refractivity (Wildman–Crippen MR) is 81.4 cm³/mol. The van der Waals surface area contributed by atoms with Crippen LogP contribution in [0.2, 0.25) is 0 Å². The van der Waals surface area contributed by atoms with Crippen LogP contribution >= 0.6 is 15.9 Å². The summed E-state index contributed by atoms with van der Waals surface area (Å²) in [4.78, 5) is 11.0. The van der Waals surface area contributed by atoms with E-state index in [9.17, 15) is 4.79 Å². The number of unbranched alkanes of at least 4 members (excludes halogenated alkanes) is 9. The molecule has 0 aliphatic rings. The van der Waals surface area contributed by atoms with Crippen LogP contribution in [0.3, 0.4) is 0 Å². The minimum absolute atomic E-state index is 0.339. The Morgan fingerprint density at radius 2 is 1.28 bits per heavy atom. The van der Waals surface area contributed by atoms with Gasteiger partial charge in [-0.05, 0) is 12.8 Å². The van der Waals surface area contributed by atoms with E-state index in [4.69, 9.17) is 5.11 Å².